The molecule has 0 saturated carbocycles. The summed E-state index contributed by atoms with van der Waals surface area (Å²) < 4.78 is 5.59. The van der Waals surface area contributed by atoms with Crippen LogP contribution in [-0.4, -0.2) is 25.8 Å². The highest BCUT2D eigenvalue weighted by Gasteiger charge is 2.22. The third-order valence-electron chi connectivity index (χ3n) is 2.78. The lowest BCUT2D eigenvalue weighted by Gasteiger charge is -2.13. The summed E-state index contributed by atoms with van der Waals surface area (Å²) in [6.45, 7) is 3.45. The Morgan fingerprint density at radius 2 is 2.25 bits per heavy atom. The van der Waals surface area contributed by atoms with E-state index >= 15 is 0 Å². The smallest absolute Gasteiger partial charge is 0.0579 e. The first-order chi connectivity index (χ1) is 5.45. The van der Waals surface area contributed by atoms with Crippen LogP contribution in [0.25, 0.3) is 0 Å². The maximum absolute atomic E-state index is 5.59. The van der Waals surface area contributed by atoms with Gasteiger partial charge in [-0.15, -0.1) is 12.4 Å². The van der Waals surface area contributed by atoms with Gasteiger partial charge in [0.2, 0.25) is 0 Å². The van der Waals surface area contributed by atoms with E-state index in [1.54, 1.807) is 0 Å². The van der Waals surface area contributed by atoms with E-state index in [9.17, 15) is 0 Å². The number of halogens is 1. The number of hydrogen-bond donors (Lipinski definition) is 1. The van der Waals surface area contributed by atoms with E-state index in [0.29, 0.717) is 6.10 Å². The molecule has 2 aliphatic heterocycles. The second-order valence-electron chi connectivity index (χ2n) is 3.73. The Kier molecular flexibility index (Phi) is 4.33. The van der Waals surface area contributed by atoms with Crippen LogP contribution in [0.3, 0.4) is 0 Å². The second-order valence-corrected chi connectivity index (χ2v) is 3.73. The van der Waals surface area contributed by atoms with Crippen molar-refractivity contribution in [3.8, 4) is 0 Å². The summed E-state index contributed by atoms with van der Waals surface area (Å²) in [5.74, 6) is 0.901. The lowest BCUT2D eigenvalue weighted by molar-refractivity contribution is 0.0919. The van der Waals surface area contributed by atoms with E-state index in [0.717, 1.165) is 12.5 Å². The largest absolute Gasteiger partial charge is 0.378 e. The molecule has 2 atom stereocenters. The fourth-order valence-corrected chi connectivity index (χ4v) is 2.12. The van der Waals surface area contributed by atoms with Crippen LogP contribution in [0.5, 0.6) is 0 Å². The SMILES string of the molecule is C1COC(CC2CCNC2)C1.Cl. The van der Waals surface area contributed by atoms with Gasteiger partial charge in [0, 0.05) is 6.61 Å². The van der Waals surface area contributed by atoms with Crippen molar-refractivity contribution in [2.45, 2.75) is 31.8 Å². The van der Waals surface area contributed by atoms with Crippen molar-refractivity contribution in [2.24, 2.45) is 5.92 Å². The molecule has 0 aromatic heterocycles. The lowest BCUT2D eigenvalue weighted by Crippen LogP contribution is -2.15. The van der Waals surface area contributed by atoms with Crippen molar-refractivity contribution in [2.75, 3.05) is 19.7 Å². The molecule has 3 heteroatoms. The molecule has 72 valence electrons. The lowest BCUT2D eigenvalue weighted by atomic mass is 9.99. The first-order valence-electron chi connectivity index (χ1n) is 4.77. The number of nitrogens with one attached hydrogen (secondary N) is 1. The summed E-state index contributed by atoms with van der Waals surface area (Å²) in [5, 5.41) is 3.39. The molecule has 0 aromatic carbocycles. The van der Waals surface area contributed by atoms with Crippen LogP contribution >= 0.6 is 12.4 Å². The molecule has 2 heterocycles. The summed E-state index contributed by atoms with van der Waals surface area (Å²) >= 11 is 0. The summed E-state index contributed by atoms with van der Waals surface area (Å²) in [5.41, 5.74) is 0. The standard InChI is InChI=1S/C9H17NO.ClH/c1-2-9(11-5-1)6-8-3-4-10-7-8;/h8-10H,1-7H2;1H. The fourth-order valence-electron chi connectivity index (χ4n) is 2.12. The predicted octanol–water partition coefficient (Wildman–Crippen LogP) is 1.59. The Bertz CT molecular complexity index is 106. The molecular formula is C9H18ClNO. The molecule has 0 radical (unpaired) electrons. The summed E-state index contributed by atoms with van der Waals surface area (Å²) in [6.07, 6.45) is 5.84. The molecule has 1 N–H and O–H groups in total. The molecule has 2 fully saturated rings. The van der Waals surface area contributed by atoms with Crippen LogP contribution in [0.2, 0.25) is 0 Å². The van der Waals surface area contributed by atoms with Gasteiger partial charge in [0.15, 0.2) is 0 Å². The quantitative estimate of drug-likeness (QED) is 0.716. The maximum Gasteiger partial charge on any atom is 0.0579 e. The monoisotopic (exact) mass is 191 g/mol. The van der Waals surface area contributed by atoms with Gasteiger partial charge in [-0.05, 0) is 44.7 Å². The van der Waals surface area contributed by atoms with Crippen LogP contribution in [0, 0.1) is 5.92 Å². The summed E-state index contributed by atoms with van der Waals surface area (Å²) in [6, 6.07) is 0. The van der Waals surface area contributed by atoms with E-state index in [2.05, 4.69) is 5.32 Å². The Hall–Kier alpha value is 0.210. The predicted molar refractivity (Wildman–Crippen MR) is 51.8 cm³/mol. The Labute approximate surface area is 80.5 Å². The molecule has 2 aliphatic rings. The van der Waals surface area contributed by atoms with Gasteiger partial charge in [-0.2, -0.15) is 0 Å². The zero-order chi connectivity index (χ0) is 7.52. The van der Waals surface area contributed by atoms with Crippen molar-refractivity contribution < 1.29 is 4.74 Å². The summed E-state index contributed by atoms with van der Waals surface area (Å²) in [4.78, 5) is 0. The molecule has 0 aliphatic carbocycles. The van der Waals surface area contributed by atoms with Crippen molar-refractivity contribution in [3.05, 3.63) is 0 Å². The van der Waals surface area contributed by atoms with E-state index in [4.69, 9.17) is 4.74 Å². The Balaban J connectivity index is 0.000000720. The molecule has 2 rings (SSSR count). The average molecular weight is 192 g/mol. The van der Waals surface area contributed by atoms with E-state index < -0.39 is 0 Å². The Morgan fingerprint density at radius 3 is 2.83 bits per heavy atom. The molecule has 2 saturated heterocycles. The van der Waals surface area contributed by atoms with Gasteiger partial charge in [0.05, 0.1) is 6.10 Å². The highest BCUT2D eigenvalue weighted by molar-refractivity contribution is 5.85. The molecule has 2 unspecified atom stereocenters. The van der Waals surface area contributed by atoms with Crippen molar-refractivity contribution in [1.29, 1.82) is 0 Å². The number of ether oxygens (including phenoxy) is 1. The zero-order valence-corrected chi connectivity index (χ0v) is 8.24. The van der Waals surface area contributed by atoms with Gasteiger partial charge >= 0.3 is 0 Å². The highest BCUT2D eigenvalue weighted by Crippen LogP contribution is 2.22. The second kappa shape index (κ2) is 5.05. The first-order valence-corrected chi connectivity index (χ1v) is 4.77. The third-order valence-corrected chi connectivity index (χ3v) is 2.78. The Morgan fingerprint density at radius 1 is 1.33 bits per heavy atom. The van der Waals surface area contributed by atoms with Crippen LogP contribution < -0.4 is 5.32 Å². The van der Waals surface area contributed by atoms with Gasteiger partial charge < -0.3 is 10.1 Å². The normalized spacial score (nSPS) is 35.0. The van der Waals surface area contributed by atoms with Gasteiger partial charge in [-0.3, -0.25) is 0 Å². The number of rotatable bonds is 2. The molecule has 0 spiro atoms. The highest BCUT2D eigenvalue weighted by atomic mass is 35.5. The topological polar surface area (TPSA) is 21.3 Å². The van der Waals surface area contributed by atoms with E-state index in [1.807, 2.05) is 0 Å². The minimum absolute atomic E-state index is 0. The zero-order valence-electron chi connectivity index (χ0n) is 7.42. The average Bonchev–Trinajstić information content (AvgIpc) is 2.60. The fraction of sp³-hybridized carbons (Fsp3) is 1.00. The molecule has 2 nitrogen and oxygen atoms in total. The van der Waals surface area contributed by atoms with E-state index in [1.165, 1.54) is 38.8 Å². The summed E-state index contributed by atoms with van der Waals surface area (Å²) in [7, 11) is 0. The van der Waals surface area contributed by atoms with Crippen molar-refractivity contribution in [1.82, 2.24) is 5.32 Å². The number of hydrogen-bond acceptors (Lipinski definition) is 2. The third kappa shape index (κ3) is 2.61. The van der Waals surface area contributed by atoms with Crippen LogP contribution in [-0.2, 0) is 4.74 Å². The van der Waals surface area contributed by atoms with Gasteiger partial charge in [-0.25, -0.2) is 0 Å². The molecular weight excluding hydrogens is 174 g/mol. The van der Waals surface area contributed by atoms with Crippen molar-refractivity contribution >= 4 is 12.4 Å². The van der Waals surface area contributed by atoms with Gasteiger partial charge in [0.25, 0.3) is 0 Å². The van der Waals surface area contributed by atoms with Crippen LogP contribution in [0.15, 0.2) is 0 Å². The van der Waals surface area contributed by atoms with Crippen LogP contribution in [0.1, 0.15) is 25.7 Å². The molecule has 12 heavy (non-hydrogen) atoms. The van der Waals surface area contributed by atoms with Gasteiger partial charge in [0.1, 0.15) is 0 Å². The first kappa shape index (κ1) is 10.3. The van der Waals surface area contributed by atoms with Gasteiger partial charge in [-0.1, -0.05) is 0 Å². The van der Waals surface area contributed by atoms with Crippen molar-refractivity contribution in [3.63, 3.8) is 0 Å². The molecule has 0 amide bonds. The van der Waals surface area contributed by atoms with Crippen LogP contribution in [0.4, 0.5) is 0 Å². The van der Waals surface area contributed by atoms with E-state index in [-0.39, 0.29) is 12.4 Å². The molecule has 0 bridgehead atoms. The molecule has 0 aromatic rings. The maximum atomic E-state index is 5.59. The minimum Gasteiger partial charge on any atom is -0.378 e. The minimum atomic E-state index is 0.